The van der Waals surface area contributed by atoms with Crippen LogP contribution < -0.4 is 16.4 Å². The van der Waals surface area contributed by atoms with Gasteiger partial charge in [-0.3, -0.25) is 13.9 Å². The number of anilines is 4. The Morgan fingerprint density at radius 2 is 1.03 bits per heavy atom. The molecule has 0 unspecified atom stereocenters. The number of nitrogens with two attached hydrogens (primary N) is 1. The molecule has 4 aromatic heterocycles. The third-order valence-corrected chi connectivity index (χ3v) is 10.3. The summed E-state index contributed by atoms with van der Waals surface area (Å²) < 4.78 is 9.52. The Morgan fingerprint density at radius 3 is 1.49 bits per heavy atom. The van der Waals surface area contributed by atoms with Crippen LogP contribution >= 0.6 is 24.8 Å². The zero-order valence-electron chi connectivity index (χ0n) is 35.0. The van der Waals surface area contributed by atoms with Crippen LogP contribution in [0.15, 0.2) is 134 Å². The second-order valence-electron chi connectivity index (χ2n) is 15.8. The van der Waals surface area contributed by atoms with E-state index in [4.69, 9.17) is 10.5 Å². The van der Waals surface area contributed by atoms with Crippen molar-refractivity contribution in [2.24, 2.45) is 5.73 Å². The summed E-state index contributed by atoms with van der Waals surface area (Å²) in [7, 11) is 0. The van der Waals surface area contributed by atoms with E-state index in [-0.39, 0.29) is 30.8 Å². The van der Waals surface area contributed by atoms with Crippen molar-refractivity contribution in [2.45, 2.75) is 52.1 Å². The van der Waals surface area contributed by atoms with Crippen molar-refractivity contribution in [3.05, 3.63) is 145 Å². The van der Waals surface area contributed by atoms with Gasteiger partial charge in [0, 0.05) is 41.1 Å². The Kier molecular flexibility index (Phi) is 13.3. The van der Waals surface area contributed by atoms with Gasteiger partial charge in [0.25, 0.3) is 0 Å². The summed E-state index contributed by atoms with van der Waals surface area (Å²) in [4.78, 5) is 21.0. The van der Waals surface area contributed by atoms with Gasteiger partial charge >= 0.3 is 5.97 Å². The number of fused-ring (bicyclic) bond motifs is 10. The molecule has 0 spiro atoms. The maximum atomic E-state index is 12.0. The van der Waals surface area contributed by atoms with E-state index in [9.17, 15) is 4.79 Å². The molecule has 8 aromatic rings. The highest BCUT2D eigenvalue weighted by atomic mass is 35.5. The predicted octanol–water partition coefficient (Wildman–Crippen LogP) is 10.1. The lowest BCUT2D eigenvalue weighted by molar-refractivity contribution is -0.154. The largest absolute Gasteiger partial charge is 0.460 e. The second kappa shape index (κ2) is 19.0. The van der Waals surface area contributed by atoms with Crippen LogP contribution in [0.2, 0.25) is 0 Å². The Hall–Kier alpha value is -6.93. The lowest BCUT2D eigenvalue weighted by Gasteiger charge is -2.19. The van der Waals surface area contributed by atoms with Crippen LogP contribution in [-0.4, -0.2) is 57.6 Å². The molecule has 2 aliphatic heterocycles. The van der Waals surface area contributed by atoms with Gasteiger partial charge in [-0.1, -0.05) is 72.8 Å². The highest BCUT2D eigenvalue weighted by molar-refractivity contribution is 5.87. The van der Waals surface area contributed by atoms with Crippen molar-refractivity contribution >= 4 is 53.8 Å². The molecule has 0 saturated heterocycles. The number of para-hydroxylation sites is 2. The molecule has 0 saturated carbocycles. The lowest BCUT2D eigenvalue weighted by atomic mass is 10.1. The number of aryl methyl sites for hydroxylation is 1. The first kappa shape index (κ1) is 44.1. The number of hydrogen-bond acceptors (Lipinski definition) is 11. The average Bonchev–Trinajstić information content (AvgIpc) is 3.84. The van der Waals surface area contributed by atoms with Crippen LogP contribution in [0.3, 0.4) is 0 Å². The molecule has 320 valence electrons. The van der Waals surface area contributed by atoms with Crippen molar-refractivity contribution in [1.29, 1.82) is 0 Å². The fraction of sp³-hybridized carbons (Fsp3) is 0.188. The molecular weight excluding hydrogens is 834 g/mol. The summed E-state index contributed by atoms with van der Waals surface area (Å²) in [5.74, 6) is 4.49. The molecule has 10 rings (SSSR count). The Labute approximate surface area is 378 Å². The third-order valence-electron chi connectivity index (χ3n) is 10.3. The summed E-state index contributed by atoms with van der Waals surface area (Å²) in [6, 6.07) is 40.6. The van der Waals surface area contributed by atoms with Crippen LogP contribution in [0.4, 0.5) is 23.0 Å². The van der Waals surface area contributed by atoms with Crippen LogP contribution in [-0.2, 0) is 22.4 Å². The second-order valence-corrected chi connectivity index (χ2v) is 15.8. The number of carbonyl (C=O) groups excluding carboxylic acids is 1. The summed E-state index contributed by atoms with van der Waals surface area (Å²) >= 11 is 0. The number of nitrogens with zero attached hydrogens (tertiary/aromatic N) is 8. The van der Waals surface area contributed by atoms with Crippen molar-refractivity contribution in [1.82, 2.24) is 39.5 Å². The number of benzene rings is 4. The fourth-order valence-corrected chi connectivity index (χ4v) is 7.56. The zero-order valence-corrected chi connectivity index (χ0v) is 36.7. The minimum absolute atomic E-state index is 0. The number of nitrogens with one attached hydrogen (secondary N) is 2. The highest BCUT2D eigenvalue weighted by Gasteiger charge is 2.26. The Balaban J connectivity index is 0.000000187. The first-order valence-electron chi connectivity index (χ1n) is 20.4. The zero-order chi connectivity index (χ0) is 41.9. The van der Waals surface area contributed by atoms with E-state index in [2.05, 4.69) is 98.7 Å². The molecule has 15 heteroatoms. The fourth-order valence-electron chi connectivity index (χ4n) is 7.56. The van der Waals surface area contributed by atoms with Gasteiger partial charge < -0.3 is 21.1 Å². The number of rotatable bonds is 8. The van der Waals surface area contributed by atoms with Gasteiger partial charge in [0.15, 0.2) is 34.9 Å². The monoisotopic (exact) mass is 879 g/mol. The van der Waals surface area contributed by atoms with Crippen molar-refractivity contribution in [2.75, 3.05) is 17.2 Å². The van der Waals surface area contributed by atoms with E-state index >= 15 is 0 Å². The van der Waals surface area contributed by atoms with Gasteiger partial charge in [0.2, 0.25) is 0 Å². The summed E-state index contributed by atoms with van der Waals surface area (Å²) in [6.07, 6.45) is 6.38. The van der Waals surface area contributed by atoms with E-state index in [0.29, 0.717) is 13.0 Å². The van der Waals surface area contributed by atoms with E-state index < -0.39 is 5.60 Å². The summed E-state index contributed by atoms with van der Waals surface area (Å²) in [6.45, 7) is 6.30. The average molecular weight is 881 g/mol. The van der Waals surface area contributed by atoms with Crippen molar-refractivity contribution in [3.63, 3.8) is 0 Å². The van der Waals surface area contributed by atoms with Gasteiger partial charge in [-0.15, -0.1) is 45.2 Å². The predicted molar refractivity (Wildman–Crippen MR) is 253 cm³/mol. The molecule has 6 heterocycles. The topological polar surface area (TPSA) is 164 Å². The van der Waals surface area contributed by atoms with Gasteiger partial charge in [-0.05, 0) is 106 Å². The molecule has 2 aliphatic rings. The van der Waals surface area contributed by atoms with Crippen molar-refractivity contribution < 1.29 is 9.53 Å². The molecule has 0 bridgehead atoms. The number of carbonyl (C=O) groups is 1. The SMILES string of the molecule is CC(C)(C)OC(=O)CCCc1ccc(-c2nnc3n2-c2cccnc2Nc2ccccc2-3)cc1.Cl.Cl.NCCc1ccc(-c2nnc3n2-c2cccnc2Nc2ccccc2-3)cc1. The molecule has 13 nitrogen and oxygen atoms in total. The Morgan fingerprint density at radius 1 is 0.587 bits per heavy atom. The lowest BCUT2D eigenvalue weighted by Crippen LogP contribution is -2.23. The normalized spacial score (nSPS) is 11.6. The molecule has 4 N–H and O–H groups in total. The van der Waals surface area contributed by atoms with Gasteiger partial charge in [-0.2, -0.15) is 0 Å². The van der Waals surface area contributed by atoms with Crippen LogP contribution in [0.25, 0.3) is 56.9 Å². The smallest absolute Gasteiger partial charge is 0.306 e. The molecule has 0 fully saturated rings. The standard InChI is InChI=1S/C27H27N5O2.C21H18N6.2ClH/c1-27(2,3)34-23(33)12-6-8-18-13-15-19(16-14-18)25-30-31-26-20-9-4-5-10-21(20)29-24-22(32(25)26)11-7-17-28-24;22-12-11-14-7-9-15(10-8-14)20-25-26-21-16-4-1-2-5-17(16)24-19-18(27(20)21)6-3-13-23-19;;/h4-5,7,9-11,13-17H,6,8,12H2,1-3H3,(H,28,29);1-10,13H,11-12,22H2,(H,23,24);2*1H. The molecule has 0 amide bonds. The first-order valence-corrected chi connectivity index (χ1v) is 20.4. The summed E-state index contributed by atoms with van der Waals surface area (Å²) in [5.41, 5.74) is 15.3. The van der Waals surface area contributed by atoms with Crippen LogP contribution in [0.1, 0.15) is 44.7 Å². The van der Waals surface area contributed by atoms with Crippen LogP contribution in [0.5, 0.6) is 0 Å². The highest BCUT2D eigenvalue weighted by Crippen LogP contribution is 2.40. The number of halogens is 2. The van der Waals surface area contributed by atoms with E-state index in [0.717, 1.165) is 105 Å². The number of pyridine rings is 2. The first-order chi connectivity index (χ1) is 29.7. The quantitative estimate of drug-likeness (QED) is 0.125. The molecular formula is C48H47Cl2N11O2. The number of hydrogen-bond donors (Lipinski definition) is 3. The number of esters is 1. The van der Waals surface area contributed by atoms with E-state index in [1.54, 1.807) is 12.4 Å². The van der Waals surface area contributed by atoms with E-state index in [1.165, 1.54) is 5.56 Å². The molecule has 4 aromatic carbocycles. The van der Waals surface area contributed by atoms with Crippen LogP contribution in [0, 0.1) is 0 Å². The Bertz CT molecular complexity index is 2850. The molecule has 0 radical (unpaired) electrons. The van der Waals surface area contributed by atoms with Gasteiger partial charge in [-0.25, -0.2) is 9.97 Å². The van der Waals surface area contributed by atoms with Crippen molar-refractivity contribution in [3.8, 4) is 56.9 Å². The maximum absolute atomic E-state index is 12.0. The van der Waals surface area contributed by atoms with Gasteiger partial charge in [0.05, 0.1) is 22.7 Å². The third kappa shape index (κ3) is 9.31. The summed E-state index contributed by atoms with van der Waals surface area (Å²) in [5, 5.41) is 25.0. The molecule has 0 aliphatic carbocycles. The molecule has 0 atom stereocenters. The number of ether oxygens (including phenoxy) is 1. The maximum Gasteiger partial charge on any atom is 0.306 e. The number of aromatic nitrogens is 8. The minimum Gasteiger partial charge on any atom is -0.460 e. The minimum atomic E-state index is -0.445. The van der Waals surface area contributed by atoms with Gasteiger partial charge in [0.1, 0.15) is 5.60 Å². The molecule has 63 heavy (non-hydrogen) atoms. The van der Waals surface area contributed by atoms with E-state index in [1.807, 2.05) is 93.6 Å².